The first kappa shape index (κ1) is 15.8. The molecule has 1 aliphatic rings. The average molecular weight is 309 g/mol. The first-order chi connectivity index (χ1) is 11.1. The molecule has 3 nitrogen and oxygen atoms in total. The first-order valence-electron chi connectivity index (χ1n) is 8.17. The number of carbonyl (C=O) groups is 1. The lowest BCUT2D eigenvalue weighted by molar-refractivity contribution is 0.0697. The summed E-state index contributed by atoms with van der Waals surface area (Å²) in [5.41, 5.74) is 3.23. The maximum atomic E-state index is 10.9. The highest BCUT2D eigenvalue weighted by molar-refractivity contribution is 5.87. The van der Waals surface area contributed by atoms with E-state index in [4.69, 9.17) is 5.11 Å². The summed E-state index contributed by atoms with van der Waals surface area (Å²) in [5.74, 6) is -0.867. The predicted octanol–water partition coefficient (Wildman–Crippen LogP) is 3.94. The van der Waals surface area contributed by atoms with Crippen molar-refractivity contribution in [2.24, 2.45) is 0 Å². The third-order valence-electron chi connectivity index (χ3n) is 5.04. The van der Waals surface area contributed by atoms with Gasteiger partial charge in [-0.2, -0.15) is 0 Å². The van der Waals surface area contributed by atoms with Gasteiger partial charge in [-0.25, -0.2) is 4.79 Å². The lowest BCUT2D eigenvalue weighted by Crippen LogP contribution is -2.40. The van der Waals surface area contributed by atoms with Crippen molar-refractivity contribution >= 4 is 5.97 Å². The molecule has 1 fully saturated rings. The zero-order valence-corrected chi connectivity index (χ0v) is 13.5. The molecule has 0 saturated carbocycles. The quantitative estimate of drug-likeness (QED) is 0.930. The predicted molar refractivity (Wildman–Crippen MR) is 91.7 cm³/mol. The van der Waals surface area contributed by atoms with Crippen LogP contribution in [0.1, 0.15) is 41.3 Å². The Morgan fingerprint density at radius 3 is 2.22 bits per heavy atom. The SMILES string of the molecule is CC1(c2ccccc2)CCN(Cc2ccc(C(=O)O)cc2)CC1. The molecule has 23 heavy (non-hydrogen) atoms. The second-order valence-electron chi connectivity index (χ2n) is 6.70. The van der Waals surface area contributed by atoms with Gasteiger partial charge in [0.1, 0.15) is 0 Å². The fourth-order valence-electron chi connectivity index (χ4n) is 3.34. The minimum absolute atomic E-state index is 0.269. The summed E-state index contributed by atoms with van der Waals surface area (Å²) in [4.78, 5) is 13.4. The van der Waals surface area contributed by atoms with Gasteiger partial charge in [-0.05, 0) is 54.6 Å². The van der Waals surface area contributed by atoms with Crippen molar-refractivity contribution in [3.8, 4) is 0 Å². The standard InChI is InChI=1S/C20H23NO2/c1-20(18-5-3-2-4-6-18)11-13-21(14-12-20)15-16-7-9-17(10-8-16)19(22)23/h2-10H,11-15H2,1H3,(H,22,23). The summed E-state index contributed by atoms with van der Waals surface area (Å²) in [6.45, 7) is 5.41. The highest BCUT2D eigenvalue weighted by atomic mass is 16.4. The van der Waals surface area contributed by atoms with Crippen LogP contribution >= 0.6 is 0 Å². The van der Waals surface area contributed by atoms with Gasteiger partial charge >= 0.3 is 5.97 Å². The van der Waals surface area contributed by atoms with Gasteiger partial charge in [0.15, 0.2) is 0 Å². The third-order valence-corrected chi connectivity index (χ3v) is 5.04. The number of carboxylic acids is 1. The van der Waals surface area contributed by atoms with Crippen LogP contribution in [0.15, 0.2) is 54.6 Å². The Balaban J connectivity index is 1.60. The summed E-state index contributed by atoms with van der Waals surface area (Å²) < 4.78 is 0. The Hall–Kier alpha value is -2.13. The van der Waals surface area contributed by atoms with Crippen LogP contribution in [-0.2, 0) is 12.0 Å². The van der Waals surface area contributed by atoms with Crippen LogP contribution in [-0.4, -0.2) is 29.1 Å². The molecule has 0 aromatic heterocycles. The Morgan fingerprint density at radius 2 is 1.65 bits per heavy atom. The van der Waals surface area contributed by atoms with E-state index in [0.29, 0.717) is 5.56 Å². The Morgan fingerprint density at radius 1 is 1.04 bits per heavy atom. The Bertz CT molecular complexity index is 656. The molecule has 1 N–H and O–H groups in total. The monoisotopic (exact) mass is 309 g/mol. The van der Waals surface area contributed by atoms with E-state index in [0.717, 1.165) is 32.5 Å². The van der Waals surface area contributed by atoms with Crippen LogP contribution in [0.4, 0.5) is 0 Å². The molecule has 0 aliphatic carbocycles. The van der Waals surface area contributed by atoms with Gasteiger partial charge in [0.2, 0.25) is 0 Å². The van der Waals surface area contributed by atoms with Crippen LogP contribution in [0.2, 0.25) is 0 Å². The molecule has 120 valence electrons. The van der Waals surface area contributed by atoms with Gasteiger partial charge in [-0.3, -0.25) is 4.90 Å². The number of benzene rings is 2. The molecule has 0 amide bonds. The maximum absolute atomic E-state index is 10.9. The molecule has 3 heteroatoms. The number of rotatable bonds is 4. The first-order valence-corrected chi connectivity index (χ1v) is 8.17. The zero-order valence-electron chi connectivity index (χ0n) is 13.5. The van der Waals surface area contributed by atoms with E-state index in [-0.39, 0.29) is 5.41 Å². The van der Waals surface area contributed by atoms with Crippen molar-refractivity contribution in [3.05, 3.63) is 71.3 Å². The Kier molecular flexibility index (Phi) is 4.49. The summed E-state index contributed by atoms with van der Waals surface area (Å²) >= 11 is 0. The van der Waals surface area contributed by atoms with E-state index < -0.39 is 5.97 Å². The number of aromatic carboxylic acids is 1. The number of piperidine rings is 1. The van der Waals surface area contributed by atoms with Gasteiger partial charge in [0.05, 0.1) is 5.56 Å². The van der Waals surface area contributed by atoms with Crippen LogP contribution in [0, 0.1) is 0 Å². The molecular formula is C20H23NO2. The molecule has 0 spiro atoms. The second-order valence-corrected chi connectivity index (χ2v) is 6.70. The molecule has 0 radical (unpaired) electrons. The fraction of sp³-hybridized carbons (Fsp3) is 0.350. The average Bonchev–Trinajstić information content (AvgIpc) is 2.58. The van der Waals surface area contributed by atoms with Gasteiger partial charge in [0, 0.05) is 6.54 Å². The second kappa shape index (κ2) is 6.55. The topological polar surface area (TPSA) is 40.5 Å². The minimum Gasteiger partial charge on any atom is -0.478 e. The molecule has 0 bridgehead atoms. The molecular weight excluding hydrogens is 286 g/mol. The van der Waals surface area contributed by atoms with Gasteiger partial charge in [0.25, 0.3) is 0 Å². The highest BCUT2D eigenvalue weighted by Gasteiger charge is 2.31. The number of hydrogen-bond acceptors (Lipinski definition) is 2. The van der Waals surface area contributed by atoms with Gasteiger partial charge in [-0.1, -0.05) is 49.4 Å². The van der Waals surface area contributed by atoms with E-state index in [1.54, 1.807) is 12.1 Å². The van der Waals surface area contributed by atoms with E-state index in [2.05, 4.69) is 42.2 Å². The lowest BCUT2D eigenvalue weighted by atomic mass is 9.74. The van der Waals surface area contributed by atoms with Gasteiger partial charge in [-0.15, -0.1) is 0 Å². The number of nitrogens with zero attached hydrogens (tertiary/aromatic N) is 1. The molecule has 1 heterocycles. The maximum Gasteiger partial charge on any atom is 0.335 e. The molecule has 2 aromatic carbocycles. The largest absolute Gasteiger partial charge is 0.478 e. The number of likely N-dealkylation sites (tertiary alicyclic amines) is 1. The summed E-state index contributed by atoms with van der Waals surface area (Å²) in [5, 5.41) is 8.95. The zero-order chi connectivity index (χ0) is 16.3. The Labute approximate surface area is 137 Å². The van der Waals surface area contributed by atoms with E-state index in [1.807, 2.05) is 12.1 Å². The van der Waals surface area contributed by atoms with Gasteiger partial charge < -0.3 is 5.11 Å². The third kappa shape index (κ3) is 3.62. The number of carboxylic acid groups (broad SMARTS) is 1. The molecule has 2 aromatic rings. The van der Waals surface area contributed by atoms with Crippen LogP contribution in [0.25, 0.3) is 0 Å². The molecule has 0 atom stereocenters. The van der Waals surface area contributed by atoms with Crippen molar-refractivity contribution in [1.82, 2.24) is 4.90 Å². The fourth-order valence-corrected chi connectivity index (χ4v) is 3.34. The van der Waals surface area contributed by atoms with Crippen molar-refractivity contribution in [2.45, 2.75) is 31.7 Å². The summed E-state index contributed by atoms with van der Waals surface area (Å²) in [6.07, 6.45) is 2.31. The van der Waals surface area contributed by atoms with E-state index in [9.17, 15) is 4.79 Å². The van der Waals surface area contributed by atoms with E-state index in [1.165, 1.54) is 11.1 Å². The van der Waals surface area contributed by atoms with Crippen LogP contribution < -0.4 is 0 Å². The van der Waals surface area contributed by atoms with E-state index >= 15 is 0 Å². The van der Waals surface area contributed by atoms with Crippen molar-refractivity contribution in [3.63, 3.8) is 0 Å². The van der Waals surface area contributed by atoms with Crippen LogP contribution in [0.3, 0.4) is 0 Å². The van der Waals surface area contributed by atoms with Crippen LogP contribution in [0.5, 0.6) is 0 Å². The highest BCUT2D eigenvalue weighted by Crippen LogP contribution is 2.35. The summed E-state index contributed by atoms with van der Waals surface area (Å²) in [6, 6.07) is 18.0. The molecule has 0 unspecified atom stereocenters. The normalized spacial score (nSPS) is 17.8. The molecule has 3 rings (SSSR count). The van der Waals surface area contributed by atoms with Crippen molar-refractivity contribution < 1.29 is 9.90 Å². The lowest BCUT2D eigenvalue weighted by Gasteiger charge is -2.40. The smallest absolute Gasteiger partial charge is 0.335 e. The number of hydrogen-bond donors (Lipinski definition) is 1. The summed E-state index contributed by atoms with van der Waals surface area (Å²) in [7, 11) is 0. The van der Waals surface area contributed by atoms with Crippen molar-refractivity contribution in [2.75, 3.05) is 13.1 Å². The minimum atomic E-state index is -0.867. The van der Waals surface area contributed by atoms with Crippen molar-refractivity contribution in [1.29, 1.82) is 0 Å². The molecule has 1 aliphatic heterocycles. The molecule has 1 saturated heterocycles.